The summed E-state index contributed by atoms with van der Waals surface area (Å²) in [5, 5.41) is 10.8. The minimum absolute atomic E-state index is 0.580. The van der Waals surface area contributed by atoms with Gasteiger partial charge in [-0.2, -0.15) is 5.10 Å². The summed E-state index contributed by atoms with van der Waals surface area (Å²) < 4.78 is 1.81. The van der Waals surface area contributed by atoms with Gasteiger partial charge in [-0.3, -0.25) is 9.67 Å². The van der Waals surface area contributed by atoms with Crippen LogP contribution >= 0.6 is 0 Å². The van der Waals surface area contributed by atoms with E-state index in [-0.39, 0.29) is 0 Å². The summed E-state index contributed by atoms with van der Waals surface area (Å²) >= 11 is 0. The third-order valence-electron chi connectivity index (χ3n) is 3.27. The minimum Gasteiger partial charge on any atom is -0.355 e. The number of rotatable bonds is 4. The molecule has 1 heterocycles. The molecule has 1 aromatic rings. The highest BCUT2D eigenvalue weighted by molar-refractivity contribution is 5.79. The first-order valence-corrected chi connectivity index (χ1v) is 6.68. The SMILES string of the molecule is CN=C(NCCn1cncn1)NC1CCCCC1. The van der Waals surface area contributed by atoms with Crippen LogP contribution in [0.1, 0.15) is 32.1 Å². The molecule has 100 valence electrons. The smallest absolute Gasteiger partial charge is 0.191 e. The molecular weight excluding hydrogens is 228 g/mol. The summed E-state index contributed by atoms with van der Waals surface area (Å²) in [5.74, 6) is 0.891. The molecule has 0 bridgehead atoms. The van der Waals surface area contributed by atoms with Crippen LogP contribution in [-0.4, -0.2) is 40.4 Å². The summed E-state index contributed by atoms with van der Waals surface area (Å²) in [4.78, 5) is 8.16. The van der Waals surface area contributed by atoms with Crippen molar-refractivity contribution in [3.63, 3.8) is 0 Å². The topological polar surface area (TPSA) is 67.1 Å². The number of nitrogens with zero attached hydrogens (tertiary/aromatic N) is 4. The average Bonchev–Trinajstić information content (AvgIpc) is 2.92. The Morgan fingerprint density at radius 3 is 2.89 bits per heavy atom. The van der Waals surface area contributed by atoms with Crippen molar-refractivity contribution in [3.8, 4) is 0 Å². The highest BCUT2D eigenvalue weighted by Gasteiger charge is 2.13. The van der Waals surface area contributed by atoms with Gasteiger partial charge in [0.1, 0.15) is 12.7 Å². The maximum absolute atomic E-state index is 4.25. The van der Waals surface area contributed by atoms with E-state index in [4.69, 9.17) is 0 Å². The van der Waals surface area contributed by atoms with Crippen molar-refractivity contribution in [2.24, 2.45) is 4.99 Å². The van der Waals surface area contributed by atoms with Gasteiger partial charge in [0.2, 0.25) is 0 Å². The summed E-state index contributed by atoms with van der Waals surface area (Å²) in [6.45, 7) is 1.60. The molecule has 1 fully saturated rings. The highest BCUT2D eigenvalue weighted by Crippen LogP contribution is 2.17. The highest BCUT2D eigenvalue weighted by atomic mass is 15.3. The number of hydrogen-bond acceptors (Lipinski definition) is 3. The Kier molecular flexibility index (Phi) is 4.99. The Morgan fingerprint density at radius 2 is 2.22 bits per heavy atom. The molecule has 0 spiro atoms. The molecule has 0 saturated heterocycles. The molecule has 1 aromatic heterocycles. The van der Waals surface area contributed by atoms with E-state index in [1.807, 2.05) is 7.05 Å². The predicted molar refractivity (Wildman–Crippen MR) is 71.4 cm³/mol. The molecule has 0 aromatic carbocycles. The normalized spacial score (nSPS) is 17.7. The Bertz CT molecular complexity index is 353. The van der Waals surface area contributed by atoms with E-state index >= 15 is 0 Å². The Balaban J connectivity index is 1.68. The Labute approximate surface area is 108 Å². The lowest BCUT2D eigenvalue weighted by molar-refractivity contribution is 0.409. The van der Waals surface area contributed by atoms with Crippen LogP contribution in [0.15, 0.2) is 17.6 Å². The molecule has 6 heteroatoms. The van der Waals surface area contributed by atoms with Crippen molar-refractivity contribution in [3.05, 3.63) is 12.7 Å². The lowest BCUT2D eigenvalue weighted by Crippen LogP contribution is -2.45. The molecule has 0 atom stereocenters. The summed E-state index contributed by atoms with van der Waals surface area (Å²) in [6.07, 6.45) is 9.80. The first-order chi connectivity index (χ1) is 8.88. The van der Waals surface area contributed by atoms with Crippen molar-refractivity contribution in [2.75, 3.05) is 13.6 Å². The second-order valence-corrected chi connectivity index (χ2v) is 4.64. The largest absolute Gasteiger partial charge is 0.355 e. The maximum Gasteiger partial charge on any atom is 0.191 e. The number of aliphatic imine (C=N–C) groups is 1. The van der Waals surface area contributed by atoms with Gasteiger partial charge in [0, 0.05) is 19.6 Å². The zero-order valence-corrected chi connectivity index (χ0v) is 11.0. The van der Waals surface area contributed by atoms with E-state index in [0.717, 1.165) is 19.0 Å². The first kappa shape index (κ1) is 12.9. The number of nitrogens with one attached hydrogen (secondary N) is 2. The van der Waals surface area contributed by atoms with Crippen molar-refractivity contribution in [1.29, 1.82) is 0 Å². The monoisotopic (exact) mass is 250 g/mol. The van der Waals surface area contributed by atoms with Gasteiger partial charge in [-0.1, -0.05) is 19.3 Å². The van der Waals surface area contributed by atoms with Crippen LogP contribution in [0, 0.1) is 0 Å². The quantitative estimate of drug-likeness (QED) is 0.612. The fourth-order valence-electron chi connectivity index (χ4n) is 2.27. The summed E-state index contributed by atoms with van der Waals surface area (Å²) in [6, 6.07) is 0.580. The lowest BCUT2D eigenvalue weighted by atomic mass is 9.96. The average molecular weight is 250 g/mol. The molecular formula is C12H22N6. The maximum atomic E-state index is 4.25. The van der Waals surface area contributed by atoms with Gasteiger partial charge >= 0.3 is 0 Å². The molecule has 18 heavy (non-hydrogen) atoms. The van der Waals surface area contributed by atoms with Crippen LogP contribution in [-0.2, 0) is 6.54 Å². The van der Waals surface area contributed by atoms with Crippen molar-refractivity contribution >= 4 is 5.96 Å². The molecule has 0 amide bonds. The number of guanidine groups is 1. The van der Waals surface area contributed by atoms with E-state index in [9.17, 15) is 0 Å². The first-order valence-electron chi connectivity index (χ1n) is 6.68. The second kappa shape index (κ2) is 6.98. The fourth-order valence-corrected chi connectivity index (χ4v) is 2.27. The minimum atomic E-state index is 0.580. The second-order valence-electron chi connectivity index (χ2n) is 4.64. The van der Waals surface area contributed by atoms with Crippen LogP contribution in [0.2, 0.25) is 0 Å². The van der Waals surface area contributed by atoms with Gasteiger partial charge in [0.25, 0.3) is 0 Å². The molecule has 2 N–H and O–H groups in total. The zero-order chi connectivity index (χ0) is 12.6. The Morgan fingerprint density at radius 1 is 1.39 bits per heavy atom. The molecule has 6 nitrogen and oxygen atoms in total. The van der Waals surface area contributed by atoms with E-state index in [0.29, 0.717) is 6.04 Å². The van der Waals surface area contributed by atoms with E-state index < -0.39 is 0 Å². The van der Waals surface area contributed by atoms with Crippen LogP contribution in [0.25, 0.3) is 0 Å². The van der Waals surface area contributed by atoms with Gasteiger partial charge in [-0.05, 0) is 12.8 Å². The standard InChI is InChI=1S/C12H22N6/c1-13-12(17-11-5-3-2-4-6-11)15-7-8-18-10-14-9-16-18/h9-11H,2-8H2,1H3,(H2,13,15,17). The fraction of sp³-hybridized carbons (Fsp3) is 0.750. The molecule has 0 radical (unpaired) electrons. The van der Waals surface area contributed by atoms with Gasteiger partial charge < -0.3 is 10.6 Å². The van der Waals surface area contributed by atoms with Crippen molar-refractivity contribution in [2.45, 2.75) is 44.7 Å². The molecule has 0 unspecified atom stereocenters. The van der Waals surface area contributed by atoms with Crippen LogP contribution in [0.3, 0.4) is 0 Å². The number of hydrogen-bond donors (Lipinski definition) is 2. The van der Waals surface area contributed by atoms with Gasteiger partial charge in [0.15, 0.2) is 5.96 Å². The van der Waals surface area contributed by atoms with Crippen molar-refractivity contribution in [1.82, 2.24) is 25.4 Å². The van der Waals surface area contributed by atoms with E-state index in [1.54, 1.807) is 17.3 Å². The van der Waals surface area contributed by atoms with Crippen LogP contribution < -0.4 is 10.6 Å². The van der Waals surface area contributed by atoms with E-state index in [2.05, 4.69) is 25.7 Å². The van der Waals surface area contributed by atoms with Gasteiger partial charge in [-0.25, -0.2) is 4.98 Å². The predicted octanol–water partition coefficient (Wildman–Crippen LogP) is 0.776. The molecule has 2 rings (SSSR count). The van der Waals surface area contributed by atoms with E-state index in [1.165, 1.54) is 32.1 Å². The molecule has 1 saturated carbocycles. The summed E-state index contributed by atoms with van der Waals surface area (Å²) in [5.41, 5.74) is 0. The van der Waals surface area contributed by atoms with Crippen LogP contribution in [0.5, 0.6) is 0 Å². The zero-order valence-electron chi connectivity index (χ0n) is 11.0. The Hall–Kier alpha value is -1.59. The number of aromatic nitrogens is 3. The third kappa shape index (κ3) is 4.01. The summed E-state index contributed by atoms with van der Waals surface area (Å²) in [7, 11) is 1.81. The molecule has 1 aliphatic carbocycles. The molecule has 0 aliphatic heterocycles. The van der Waals surface area contributed by atoms with Crippen LogP contribution in [0.4, 0.5) is 0 Å². The van der Waals surface area contributed by atoms with Gasteiger partial charge in [0.05, 0.1) is 6.54 Å². The van der Waals surface area contributed by atoms with Gasteiger partial charge in [-0.15, -0.1) is 0 Å². The third-order valence-corrected chi connectivity index (χ3v) is 3.27. The van der Waals surface area contributed by atoms with Crippen molar-refractivity contribution < 1.29 is 0 Å². The molecule has 1 aliphatic rings. The lowest BCUT2D eigenvalue weighted by Gasteiger charge is -2.24.